The van der Waals surface area contributed by atoms with Crippen LogP contribution in [0.5, 0.6) is 0 Å². The first-order chi connectivity index (χ1) is 10.1. The Labute approximate surface area is 123 Å². The van der Waals surface area contributed by atoms with Gasteiger partial charge in [0.1, 0.15) is 0 Å². The molecule has 0 saturated carbocycles. The Balaban J connectivity index is 1.82. The van der Waals surface area contributed by atoms with Crippen molar-refractivity contribution in [1.82, 2.24) is 14.8 Å². The molecule has 0 aliphatic rings. The average Bonchev–Trinajstić information content (AvgIpc) is 2.87. The third-order valence-electron chi connectivity index (χ3n) is 3.69. The topological polar surface area (TPSA) is 68.8 Å². The molecule has 0 unspecified atom stereocenters. The van der Waals surface area contributed by atoms with Crippen LogP contribution in [0.2, 0.25) is 0 Å². The van der Waals surface area contributed by atoms with Crippen molar-refractivity contribution < 1.29 is 0 Å². The number of nitrogens with one attached hydrogen (secondary N) is 1. The minimum Gasteiger partial charge on any atom is -0.398 e. The molecule has 2 aromatic heterocycles. The van der Waals surface area contributed by atoms with Gasteiger partial charge in [-0.25, -0.2) is 0 Å². The first kappa shape index (κ1) is 13.4. The Morgan fingerprint density at radius 2 is 2.10 bits per heavy atom. The second-order valence-corrected chi connectivity index (χ2v) is 5.20. The Morgan fingerprint density at radius 1 is 1.24 bits per heavy atom. The molecule has 5 nitrogen and oxygen atoms in total. The van der Waals surface area contributed by atoms with Crippen molar-refractivity contribution in [3.63, 3.8) is 0 Å². The number of nitrogen functional groups attached to an aromatic ring is 1. The van der Waals surface area contributed by atoms with E-state index in [0.29, 0.717) is 0 Å². The fourth-order valence-corrected chi connectivity index (χ4v) is 2.49. The Morgan fingerprint density at radius 3 is 2.86 bits per heavy atom. The molecule has 0 fully saturated rings. The summed E-state index contributed by atoms with van der Waals surface area (Å²) in [6, 6.07) is 8.06. The van der Waals surface area contributed by atoms with Crippen molar-refractivity contribution in [2.24, 2.45) is 7.05 Å². The van der Waals surface area contributed by atoms with Crippen LogP contribution in [0.4, 0.5) is 11.4 Å². The van der Waals surface area contributed by atoms with E-state index in [4.69, 9.17) is 5.73 Å². The maximum absolute atomic E-state index is 6.02. The van der Waals surface area contributed by atoms with Crippen LogP contribution in [0, 0.1) is 6.92 Å². The third kappa shape index (κ3) is 2.67. The standard InChI is InChI=1S/C16H19N5/c1-11-9-13-14(10-19-11)15(17)3-4-16(13)18-7-5-12-6-8-20-21(12)2/h3-4,6,8-10,18H,5,7,17H2,1-2H3. The normalized spacial score (nSPS) is 11.0. The van der Waals surface area contributed by atoms with E-state index in [1.165, 1.54) is 5.69 Å². The molecule has 0 aliphatic carbocycles. The van der Waals surface area contributed by atoms with Crippen molar-refractivity contribution >= 4 is 22.1 Å². The highest BCUT2D eigenvalue weighted by Gasteiger charge is 2.05. The summed E-state index contributed by atoms with van der Waals surface area (Å²) in [6.07, 6.45) is 4.59. The van der Waals surface area contributed by atoms with Crippen molar-refractivity contribution in [3.05, 3.63) is 48.0 Å². The van der Waals surface area contributed by atoms with Gasteiger partial charge in [-0.1, -0.05) is 0 Å². The van der Waals surface area contributed by atoms with Gasteiger partial charge in [0.05, 0.1) is 0 Å². The molecule has 3 aromatic rings. The molecule has 2 heterocycles. The summed E-state index contributed by atoms with van der Waals surface area (Å²) in [5.74, 6) is 0. The first-order valence-electron chi connectivity index (χ1n) is 7.01. The Hall–Kier alpha value is -2.56. The summed E-state index contributed by atoms with van der Waals surface area (Å²) in [4.78, 5) is 4.32. The number of hydrogen-bond donors (Lipinski definition) is 2. The van der Waals surface area contributed by atoms with Gasteiger partial charge in [0.15, 0.2) is 0 Å². The maximum atomic E-state index is 6.02. The van der Waals surface area contributed by atoms with E-state index in [1.807, 2.05) is 49.2 Å². The van der Waals surface area contributed by atoms with Crippen LogP contribution < -0.4 is 11.1 Å². The first-order valence-corrected chi connectivity index (χ1v) is 7.01. The SMILES string of the molecule is Cc1cc2c(NCCc3ccnn3C)ccc(N)c2cn1. The van der Waals surface area contributed by atoms with Gasteiger partial charge in [0.25, 0.3) is 0 Å². The van der Waals surface area contributed by atoms with Crippen LogP contribution in [0.3, 0.4) is 0 Å². The number of fused-ring (bicyclic) bond motifs is 1. The van der Waals surface area contributed by atoms with Gasteiger partial charge in [0, 0.05) is 65.9 Å². The van der Waals surface area contributed by atoms with Crippen LogP contribution in [0.25, 0.3) is 10.8 Å². The summed E-state index contributed by atoms with van der Waals surface area (Å²) < 4.78 is 1.90. The van der Waals surface area contributed by atoms with E-state index in [2.05, 4.69) is 21.5 Å². The number of aromatic nitrogens is 3. The molecule has 5 heteroatoms. The molecule has 0 atom stereocenters. The van der Waals surface area contributed by atoms with Gasteiger partial charge < -0.3 is 11.1 Å². The molecule has 108 valence electrons. The number of hydrogen-bond acceptors (Lipinski definition) is 4. The van der Waals surface area contributed by atoms with Crippen LogP contribution in [-0.4, -0.2) is 21.3 Å². The average molecular weight is 281 g/mol. The number of anilines is 2. The van der Waals surface area contributed by atoms with E-state index in [0.717, 1.165) is 40.8 Å². The number of nitrogens with two attached hydrogens (primary N) is 1. The van der Waals surface area contributed by atoms with E-state index in [9.17, 15) is 0 Å². The van der Waals surface area contributed by atoms with Gasteiger partial charge in [0.2, 0.25) is 0 Å². The number of rotatable bonds is 4. The number of pyridine rings is 1. The van der Waals surface area contributed by atoms with E-state index in [1.54, 1.807) is 0 Å². The van der Waals surface area contributed by atoms with E-state index >= 15 is 0 Å². The quantitative estimate of drug-likeness (QED) is 0.721. The van der Waals surface area contributed by atoms with Crippen LogP contribution in [0.15, 0.2) is 36.7 Å². The van der Waals surface area contributed by atoms with Crippen LogP contribution in [-0.2, 0) is 13.5 Å². The van der Waals surface area contributed by atoms with Gasteiger partial charge in [-0.05, 0) is 31.2 Å². The van der Waals surface area contributed by atoms with Gasteiger partial charge in [-0.15, -0.1) is 0 Å². The van der Waals surface area contributed by atoms with Crippen molar-refractivity contribution in [3.8, 4) is 0 Å². The predicted molar refractivity (Wildman–Crippen MR) is 86.3 cm³/mol. The molecular weight excluding hydrogens is 262 g/mol. The summed E-state index contributed by atoms with van der Waals surface area (Å²) in [5.41, 5.74) is 10.1. The molecule has 3 rings (SSSR count). The zero-order chi connectivity index (χ0) is 14.8. The highest BCUT2D eigenvalue weighted by Crippen LogP contribution is 2.28. The van der Waals surface area contributed by atoms with Crippen molar-refractivity contribution in [2.45, 2.75) is 13.3 Å². The maximum Gasteiger partial charge on any atom is 0.0492 e. The monoisotopic (exact) mass is 281 g/mol. The lowest BCUT2D eigenvalue weighted by Gasteiger charge is -2.12. The van der Waals surface area contributed by atoms with Crippen molar-refractivity contribution in [2.75, 3.05) is 17.6 Å². The van der Waals surface area contributed by atoms with Gasteiger partial charge in [-0.2, -0.15) is 5.10 Å². The lowest BCUT2D eigenvalue weighted by Crippen LogP contribution is -2.08. The largest absolute Gasteiger partial charge is 0.398 e. The third-order valence-corrected chi connectivity index (χ3v) is 3.69. The molecule has 0 spiro atoms. The number of aryl methyl sites for hydroxylation is 2. The second kappa shape index (κ2) is 5.44. The van der Waals surface area contributed by atoms with Gasteiger partial charge >= 0.3 is 0 Å². The molecule has 0 bridgehead atoms. The lowest BCUT2D eigenvalue weighted by molar-refractivity contribution is 0.711. The summed E-state index contributed by atoms with van der Waals surface area (Å²) in [7, 11) is 1.96. The molecule has 1 aromatic carbocycles. The molecule has 0 amide bonds. The Kier molecular flexibility index (Phi) is 3.48. The highest BCUT2D eigenvalue weighted by molar-refractivity contribution is 6.00. The summed E-state index contributed by atoms with van der Waals surface area (Å²) >= 11 is 0. The van der Waals surface area contributed by atoms with Gasteiger partial charge in [-0.3, -0.25) is 9.67 Å². The minimum atomic E-state index is 0.759. The van der Waals surface area contributed by atoms with Crippen molar-refractivity contribution in [1.29, 1.82) is 0 Å². The molecule has 0 aliphatic heterocycles. The zero-order valence-electron chi connectivity index (χ0n) is 12.3. The minimum absolute atomic E-state index is 0.759. The lowest BCUT2D eigenvalue weighted by atomic mass is 10.1. The smallest absolute Gasteiger partial charge is 0.0492 e. The van der Waals surface area contributed by atoms with Crippen LogP contribution >= 0.6 is 0 Å². The molecule has 21 heavy (non-hydrogen) atoms. The fraction of sp³-hybridized carbons (Fsp3) is 0.250. The fourth-order valence-electron chi connectivity index (χ4n) is 2.49. The molecule has 0 radical (unpaired) electrons. The molecule has 0 saturated heterocycles. The second-order valence-electron chi connectivity index (χ2n) is 5.20. The van der Waals surface area contributed by atoms with Crippen LogP contribution in [0.1, 0.15) is 11.4 Å². The Bertz CT molecular complexity index is 775. The molecular formula is C16H19N5. The predicted octanol–water partition coefficient (Wildman–Crippen LogP) is 2.51. The number of nitrogens with zero attached hydrogens (tertiary/aromatic N) is 3. The summed E-state index contributed by atoms with van der Waals surface area (Å²) in [5, 5.41) is 9.77. The molecule has 3 N–H and O–H groups in total. The van der Waals surface area contributed by atoms with E-state index in [-0.39, 0.29) is 0 Å². The number of benzene rings is 1. The zero-order valence-corrected chi connectivity index (χ0v) is 12.3. The summed E-state index contributed by atoms with van der Waals surface area (Å²) in [6.45, 7) is 2.84. The highest BCUT2D eigenvalue weighted by atomic mass is 15.3. The van der Waals surface area contributed by atoms with E-state index < -0.39 is 0 Å².